The number of hydrogen-bond acceptors (Lipinski definition) is 2. The zero-order valence-electron chi connectivity index (χ0n) is 15.1. The molecule has 1 atom stereocenters. The van der Waals surface area contributed by atoms with Gasteiger partial charge in [0.05, 0.1) is 0 Å². The van der Waals surface area contributed by atoms with E-state index in [9.17, 15) is 9.46 Å². The molecule has 0 heterocycles. The van der Waals surface area contributed by atoms with Gasteiger partial charge in [-0.2, -0.15) is 0 Å². The molecule has 0 aromatic heterocycles. The Hall–Kier alpha value is -0.760. The SMILES string of the molecule is CC(C)c1cc(C(C)C)c(C(C)(C)O[P+](=O)O)c(C(C)C)c1. The van der Waals surface area contributed by atoms with Crippen molar-refractivity contribution < 1.29 is 14.0 Å². The Bertz CT molecular complexity index is 516. The molecule has 4 heteroatoms. The molecule has 3 nitrogen and oxygen atoms in total. The second-order valence-electron chi connectivity index (χ2n) is 7.38. The summed E-state index contributed by atoms with van der Waals surface area (Å²) in [6, 6.07) is 4.46. The van der Waals surface area contributed by atoms with Gasteiger partial charge in [0.1, 0.15) is 5.60 Å². The highest BCUT2D eigenvalue weighted by Gasteiger charge is 2.37. The summed E-state index contributed by atoms with van der Waals surface area (Å²) in [6.45, 7) is 16.7. The van der Waals surface area contributed by atoms with Crippen LogP contribution in [-0.2, 0) is 14.7 Å². The first-order valence-corrected chi connectivity index (χ1v) is 9.13. The lowest BCUT2D eigenvalue weighted by Gasteiger charge is -2.29. The fraction of sp³-hybridized carbons (Fsp3) is 0.667. The molecule has 0 saturated heterocycles. The highest BCUT2D eigenvalue weighted by atomic mass is 31.1. The molecular weight excluding hydrogens is 295 g/mol. The third-order valence-electron chi connectivity index (χ3n) is 4.04. The van der Waals surface area contributed by atoms with Gasteiger partial charge in [0.2, 0.25) is 0 Å². The predicted octanol–water partition coefficient (Wildman–Crippen LogP) is 5.96. The maximum absolute atomic E-state index is 11.3. The first kappa shape index (κ1) is 19.3. The van der Waals surface area contributed by atoms with Crippen LogP contribution in [0.5, 0.6) is 0 Å². The standard InChI is InChI=1S/C18H29O3P/c1-11(2)14-9-15(12(3)4)17(16(10-14)13(5)6)18(7,8)21-22(19)20/h9-13H,1-8H3/p+1. The Morgan fingerprint density at radius 3 is 1.64 bits per heavy atom. The molecule has 0 fully saturated rings. The highest BCUT2D eigenvalue weighted by Crippen LogP contribution is 2.43. The van der Waals surface area contributed by atoms with E-state index in [0.29, 0.717) is 17.8 Å². The fourth-order valence-corrected chi connectivity index (χ4v) is 3.37. The summed E-state index contributed by atoms with van der Waals surface area (Å²) in [6.07, 6.45) is 0. The molecule has 22 heavy (non-hydrogen) atoms. The number of rotatable bonds is 6. The van der Waals surface area contributed by atoms with E-state index in [1.54, 1.807) is 0 Å². The summed E-state index contributed by atoms with van der Waals surface area (Å²) < 4.78 is 16.6. The minimum atomic E-state index is -2.65. The highest BCUT2D eigenvalue weighted by molar-refractivity contribution is 7.32. The first-order valence-electron chi connectivity index (χ1n) is 8.00. The van der Waals surface area contributed by atoms with Crippen molar-refractivity contribution in [3.63, 3.8) is 0 Å². The molecule has 0 amide bonds. The molecule has 1 aromatic rings. The van der Waals surface area contributed by atoms with Gasteiger partial charge in [0.25, 0.3) is 0 Å². The topological polar surface area (TPSA) is 46.5 Å². The molecule has 0 saturated carbocycles. The number of hydrogen-bond donors (Lipinski definition) is 1. The van der Waals surface area contributed by atoms with Crippen LogP contribution in [0.25, 0.3) is 0 Å². The Morgan fingerprint density at radius 2 is 1.36 bits per heavy atom. The lowest BCUT2D eigenvalue weighted by Crippen LogP contribution is -2.24. The smallest absolute Gasteiger partial charge is 0.133 e. The summed E-state index contributed by atoms with van der Waals surface area (Å²) in [5, 5.41) is 0. The van der Waals surface area contributed by atoms with Gasteiger partial charge in [-0.15, -0.1) is 9.42 Å². The van der Waals surface area contributed by atoms with Crippen LogP contribution >= 0.6 is 8.25 Å². The second-order valence-corrected chi connectivity index (χ2v) is 8.04. The summed E-state index contributed by atoms with van der Waals surface area (Å²) in [5.41, 5.74) is 3.98. The Labute approximate surface area is 136 Å². The summed E-state index contributed by atoms with van der Waals surface area (Å²) >= 11 is 0. The van der Waals surface area contributed by atoms with Crippen molar-refractivity contribution in [1.82, 2.24) is 0 Å². The lowest BCUT2D eigenvalue weighted by atomic mass is 9.78. The molecule has 0 radical (unpaired) electrons. The number of benzene rings is 1. The molecule has 1 unspecified atom stereocenters. The summed E-state index contributed by atoms with van der Waals surface area (Å²) in [4.78, 5) is 9.24. The maximum atomic E-state index is 11.3. The average Bonchev–Trinajstić information content (AvgIpc) is 2.35. The molecule has 1 rings (SSSR count). The Kier molecular flexibility index (Phi) is 6.32. The molecule has 0 aliphatic carbocycles. The minimum Gasteiger partial charge on any atom is -0.133 e. The van der Waals surface area contributed by atoms with E-state index in [-0.39, 0.29) is 0 Å². The zero-order chi connectivity index (χ0) is 17.2. The molecule has 1 aromatic carbocycles. The van der Waals surface area contributed by atoms with E-state index in [0.717, 1.165) is 5.56 Å². The molecular formula is C18H30O3P+. The molecule has 124 valence electrons. The van der Waals surface area contributed by atoms with Gasteiger partial charge in [-0.3, -0.25) is 0 Å². The van der Waals surface area contributed by atoms with Crippen molar-refractivity contribution >= 4 is 8.25 Å². The summed E-state index contributed by atoms with van der Waals surface area (Å²) in [7, 11) is -2.65. The normalized spacial score (nSPS) is 13.4. The van der Waals surface area contributed by atoms with Crippen molar-refractivity contribution in [1.29, 1.82) is 0 Å². The van der Waals surface area contributed by atoms with E-state index in [1.165, 1.54) is 16.7 Å². The molecule has 0 aliphatic heterocycles. The maximum Gasteiger partial charge on any atom is 0.695 e. The van der Waals surface area contributed by atoms with Crippen LogP contribution in [0.3, 0.4) is 0 Å². The van der Waals surface area contributed by atoms with E-state index in [2.05, 4.69) is 53.7 Å². The van der Waals surface area contributed by atoms with Gasteiger partial charge >= 0.3 is 8.25 Å². The quantitative estimate of drug-likeness (QED) is 0.657. The van der Waals surface area contributed by atoms with Crippen molar-refractivity contribution in [3.05, 3.63) is 34.4 Å². The monoisotopic (exact) mass is 325 g/mol. The molecule has 0 aliphatic rings. The third kappa shape index (κ3) is 4.38. The lowest BCUT2D eigenvalue weighted by molar-refractivity contribution is 0.0999. The van der Waals surface area contributed by atoms with Crippen LogP contribution < -0.4 is 0 Å². The van der Waals surface area contributed by atoms with Crippen molar-refractivity contribution in [2.24, 2.45) is 0 Å². The van der Waals surface area contributed by atoms with Gasteiger partial charge < -0.3 is 0 Å². The Balaban J connectivity index is 3.68. The van der Waals surface area contributed by atoms with E-state index in [1.807, 2.05) is 13.8 Å². The first-order chi connectivity index (χ1) is 9.97. The minimum absolute atomic E-state index is 0.325. The van der Waals surface area contributed by atoms with E-state index in [4.69, 9.17) is 4.52 Å². The molecule has 0 spiro atoms. The average molecular weight is 325 g/mol. The third-order valence-corrected chi connectivity index (χ3v) is 4.65. The largest absolute Gasteiger partial charge is 0.695 e. The van der Waals surface area contributed by atoms with Gasteiger partial charge in [0.15, 0.2) is 0 Å². The van der Waals surface area contributed by atoms with Crippen LogP contribution in [0.1, 0.15) is 95.4 Å². The predicted molar refractivity (Wildman–Crippen MR) is 92.6 cm³/mol. The van der Waals surface area contributed by atoms with Gasteiger partial charge in [-0.05, 0) is 53.9 Å². The molecule has 1 N–H and O–H groups in total. The molecule has 0 bridgehead atoms. The van der Waals surface area contributed by atoms with Crippen molar-refractivity contribution in [3.8, 4) is 0 Å². The van der Waals surface area contributed by atoms with Gasteiger partial charge in [-0.25, -0.2) is 0 Å². The van der Waals surface area contributed by atoms with E-state index >= 15 is 0 Å². The Morgan fingerprint density at radius 1 is 0.955 bits per heavy atom. The van der Waals surface area contributed by atoms with Crippen LogP contribution in [-0.4, -0.2) is 4.89 Å². The van der Waals surface area contributed by atoms with Crippen molar-refractivity contribution in [2.75, 3.05) is 0 Å². The van der Waals surface area contributed by atoms with Crippen LogP contribution in [0.15, 0.2) is 12.1 Å². The van der Waals surface area contributed by atoms with Crippen LogP contribution in [0.4, 0.5) is 0 Å². The van der Waals surface area contributed by atoms with Crippen molar-refractivity contribution in [2.45, 2.75) is 78.7 Å². The second kappa shape index (κ2) is 7.21. The van der Waals surface area contributed by atoms with Gasteiger partial charge in [-0.1, -0.05) is 53.7 Å². The zero-order valence-corrected chi connectivity index (χ0v) is 16.0. The van der Waals surface area contributed by atoms with Crippen LogP contribution in [0, 0.1) is 0 Å². The van der Waals surface area contributed by atoms with Gasteiger partial charge in [0, 0.05) is 4.57 Å². The summed E-state index contributed by atoms with van der Waals surface area (Å²) in [5.74, 6) is 1.10. The van der Waals surface area contributed by atoms with E-state index < -0.39 is 13.9 Å². The fourth-order valence-electron chi connectivity index (χ4n) is 2.89. The van der Waals surface area contributed by atoms with Crippen LogP contribution in [0.2, 0.25) is 0 Å².